The normalized spacial score (nSPS) is 14.6. The third kappa shape index (κ3) is 7.08. The maximum absolute atomic E-state index is 12.9. The van der Waals surface area contributed by atoms with E-state index < -0.39 is 5.97 Å². The van der Waals surface area contributed by atoms with Gasteiger partial charge in [0.25, 0.3) is 5.91 Å². The summed E-state index contributed by atoms with van der Waals surface area (Å²) in [5.41, 5.74) is 5.63. The van der Waals surface area contributed by atoms with E-state index in [-0.39, 0.29) is 12.3 Å². The fraction of sp³-hybridized carbons (Fsp3) is 0.370. The number of nitrogens with zero attached hydrogens (tertiary/aromatic N) is 1. The number of benzene rings is 2. The molecule has 35 heavy (non-hydrogen) atoms. The Kier molecular flexibility index (Phi) is 9.34. The minimum Gasteiger partial charge on any atom is -0.493 e. The number of thioether (sulfide) groups is 1. The summed E-state index contributed by atoms with van der Waals surface area (Å²) in [7, 11) is 1.59. The van der Waals surface area contributed by atoms with Gasteiger partial charge in [0.1, 0.15) is 10.9 Å². The number of carboxylic acid groups (broad SMARTS) is 1. The highest BCUT2D eigenvalue weighted by Gasteiger charge is 2.31. The molecule has 8 heteroatoms. The van der Waals surface area contributed by atoms with Crippen LogP contribution in [0.4, 0.5) is 0 Å². The number of thiocarbonyl (C=S) groups is 1. The number of methoxy groups -OCH3 is 1. The van der Waals surface area contributed by atoms with Crippen LogP contribution in [0.5, 0.6) is 11.5 Å². The average molecular weight is 514 g/mol. The lowest BCUT2D eigenvalue weighted by molar-refractivity contribution is -0.137. The quantitative estimate of drug-likeness (QED) is 0.223. The van der Waals surface area contributed by atoms with Crippen LogP contribution in [0.1, 0.15) is 53.5 Å². The van der Waals surface area contributed by atoms with Crippen LogP contribution in [-0.4, -0.2) is 39.9 Å². The molecule has 1 saturated heterocycles. The second-order valence-electron chi connectivity index (χ2n) is 8.60. The van der Waals surface area contributed by atoms with Gasteiger partial charge in [-0.3, -0.25) is 14.5 Å². The Morgan fingerprint density at radius 1 is 1.06 bits per heavy atom. The first-order valence-corrected chi connectivity index (χ1v) is 12.8. The number of carbonyl (C=O) groups is 2. The summed E-state index contributed by atoms with van der Waals surface area (Å²) in [5.74, 6) is 0.304. The first-order chi connectivity index (χ1) is 16.7. The van der Waals surface area contributed by atoms with Crippen LogP contribution in [0.2, 0.25) is 0 Å². The SMILES string of the molecule is COc1cc(/C=C2/SC(=S)N(CCCCCC(=O)O)C2=O)ccc1OCc1cc(C)c(C)cc1C. The van der Waals surface area contributed by atoms with Gasteiger partial charge in [0.15, 0.2) is 11.5 Å². The average Bonchev–Trinajstić information content (AvgIpc) is 3.07. The third-order valence-electron chi connectivity index (χ3n) is 5.97. The van der Waals surface area contributed by atoms with Crippen molar-refractivity contribution in [2.75, 3.05) is 13.7 Å². The molecule has 0 aliphatic carbocycles. The molecule has 0 spiro atoms. The first kappa shape index (κ1) is 26.8. The number of carboxylic acids is 1. The zero-order chi connectivity index (χ0) is 25.5. The van der Waals surface area contributed by atoms with Gasteiger partial charge < -0.3 is 14.6 Å². The lowest BCUT2D eigenvalue weighted by Crippen LogP contribution is -2.29. The van der Waals surface area contributed by atoms with Gasteiger partial charge in [0.05, 0.1) is 12.0 Å². The Balaban J connectivity index is 1.65. The molecule has 0 saturated carbocycles. The Labute approximate surface area is 216 Å². The van der Waals surface area contributed by atoms with Gasteiger partial charge in [-0.05, 0) is 79.6 Å². The van der Waals surface area contributed by atoms with Crippen LogP contribution < -0.4 is 9.47 Å². The van der Waals surface area contributed by atoms with Crippen molar-refractivity contribution < 1.29 is 24.2 Å². The van der Waals surface area contributed by atoms with E-state index in [0.717, 1.165) is 17.5 Å². The minimum absolute atomic E-state index is 0.122. The van der Waals surface area contributed by atoms with Crippen LogP contribution in [0.25, 0.3) is 6.08 Å². The monoisotopic (exact) mass is 513 g/mol. The summed E-state index contributed by atoms with van der Waals surface area (Å²) < 4.78 is 12.1. The fourth-order valence-electron chi connectivity index (χ4n) is 3.79. The van der Waals surface area contributed by atoms with Crippen molar-refractivity contribution >= 4 is 46.3 Å². The predicted molar refractivity (Wildman–Crippen MR) is 144 cm³/mol. The molecule has 186 valence electrons. The molecular formula is C27H31NO5S2. The maximum Gasteiger partial charge on any atom is 0.303 e. The molecule has 0 atom stereocenters. The molecule has 0 bridgehead atoms. The summed E-state index contributed by atoms with van der Waals surface area (Å²) in [6.45, 7) is 7.21. The van der Waals surface area contributed by atoms with Gasteiger partial charge in [-0.1, -0.05) is 48.6 Å². The molecule has 0 radical (unpaired) electrons. The van der Waals surface area contributed by atoms with E-state index in [2.05, 4.69) is 32.9 Å². The molecule has 2 aromatic carbocycles. The van der Waals surface area contributed by atoms with E-state index in [9.17, 15) is 9.59 Å². The number of amides is 1. The number of aryl methyl sites for hydroxylation is 3. The number of ether oxygens (including phenoxy) is 2. The molecule has 1 aliphatic heterocycles. The number of carbonyl (C=O) groups excluding carboxylic acids is 1. The highest BCUT2D eigenvalue weighted by molar-refractivity contribution is 8.26. The maximum atomic E-state index is 12.9. The lowest BCUT2D eigenvalue weighted by atomic mass is 10.0. The Hall–Kier alpha value is -2.84. The van der Waals surface area contributed by atoms with Crippen LogP contribution in [0, 0.1) is 20.8 Å². The number of rotatable bonds is 11. The molecule has 0 aromatic heterocycles. The Morgan fingerprint density at radius 2 is 1.80 bits per heavy atom. The summed E-state index contributed by atoms with van der Waals surface area (Å²) >= 11 is 6.67. The Bertz CT molecular complexity index is 1160. The van der Waals surface area contributed by atoms with Crippen molar-refractivity contribution in [3.8, 4) is 11.5 Å². The molecular weight excluding hydrogens is 482 g/mol. The van der Waals surface area contributed by atoms with E-state index in [1.165, 1.54) is 28.5 Å². The molecule has 2 aromatic rings. The van der Waals surface area contributed by atoms with E-state index in [0.29, 0.717) is 46.7 Å². The number of hydrogen-bond donors (Lipinski definition) is 1. The summed E-state index contributed by atoms with van der Waals surface area (Å²) in [5, 5.41) is 8.74. The molecule has 1 fully saturated rings. The Morgan fingerprint density at radius 3 is 2.51 bits per heavy atom. The van der Waals surface area contributed by atoms with Crippen LogP contribution in [0.3, 0.4) is 0 Å². The lowest BCUT2D eigenvalue weighted by Gasteiger charge is -2.14. The van der Waals surface area contributed by atoms with Crippen LogP contribution in [-0.2, 0) is 16.2 Å². The fourth-order valence-corrected chi connectivity index (χ4v) is 5.10. The van der Waals surface area contributed by atoms with Gasteiger partial charge in [-0.25, -0.2) is 0 Å². The molecule has 1 amide bonds. The number of aliphatic carboxylic acids is 1. The topological polar surface area (TPSA) is 76.1 Å². The molecule has 3 rings (SSSR count). The smallest absolute Gasteiger partial charge is 0.303 e. The second-order valence-corrected chi connectivity index (χ2v) is 10.3. The zero-order valence-corrected chi connectivity index (χ0v) is 22.2. The molecule has 1 aliphatic rings. The largest absolute Gasteiger partial charge is 0.493 e. The van der Waals surface area contributed by atoms with E-state index in [4.69, 9.17) is 26.8 Å². The van der Waals surface area contributed by atoms with Crippen molar-refractivity contribution in [1.82, 2.24) is 4.90 Å². The van der Waals surface area contributed by atoms with Crippen molar-refractivity contribution in [3.63, 3.8) is 0 Å². The van der Waals surface area contributed by atoms with Gasteiger partial charge in [-0.2, -0.15) is 0 Å². The zero-order valence-electron chi connectivity index (χ0n) is 20.6. The van der Waals surface area contributed by atoms with Gasteiger partial charge >= 0.3 is 5.97 Å². The highest BCUT2D eigenvalue weighted by Crippen LogP contribution is 2.35. The van der Waals surface area contributed by atoms with E-state index in [1.54, 1.807) is 12.0 Å². The second kappa shape index (κ2) is 12.2. The third-order valence-corrected chi connectivity index (χ3v) is 7.34. The molecule has 1 heterocycles. The standard InChI is InChI=1S/C27H31NO5S2/c1-17-12-19(3)21(13-18(17)2)16-33-22-10-9-20(14-23(22)32-4)15-24-26(31)28(27(34)35-24)11-7-5-6-8-25(29)30/h9-10,12-15H,5-8,11,16H2,1-4H3,(H,29,30)/b24-15+. The first-order valence-electron chi connectivity index (χ1n) is 11.5. The van der Waals surface area contributed by atoms with E-state index in [1.807, 2.05) is 24.3 Å². The summed E-state index contributed by atoms with van der Waals surface area (Å²) in [6, 6.07) is 9.91. The number of unbranched alkanes of at least 4 members (excludes halogenated alkanes) is 2. The molecule has 6 nitrogen and oxygen atoms in total. The molecule has 0 unspecified atom stereocenters. The van der Waals surface area contributed by atoms with Crippen molar-refractivity contribution in [2.45, 2.75) is 53.1 Å². The summed E-state index contributed by atoms with van der Waals surface area (Å²) in [4.78, 5) is 25.6. The van der Waals surface area contributed by atoms with Gasteiger partial charge in [0.2, 0.25) is 0 Å². The van der Waals surface area contributed by atoms with Crippen LogP contribution >= 0.6 is 24.0 Å². The van der Waals surface area contributed by atoms with E-state index >= 15 is 0 Å². The molecule has 1 N–H and O–H groups in total. The van der Waals surface area contributed by atoms with Crippen molar-refractivity contribution in [3.05, 3.63) is 63.1 Å². The summed E-state index contributed by atoms with van der Waals surface area (Å²) in [6.07, 6.45) is 4.00. The van der Waals surface area contributed by atoms with Gasteiger partial charge in [0, 0.05) is 13.0 Å². The van der Waals surface area contributed by atoms with Crippen LogP contribution in [0.15, 0.2) is 35.2 Å². The van der Waals surface area contributed by atoms with Crippen molar-refractivity contribution in [1.29, 1.82) is 0 Å². The minimum atomic E-state index is -0.800. The van der Waals surface area contributed by atoms with Crippen molar-refractivity contribution in [2.24, 2.45) is 0 Å². The number of hydrogen-bond acceptors (Lipinski definition) is 6. The highest BCUT2D eigenvalue weighted by atomic mass is 32.2. The van der Waals surface area contributed by atoms with Gasteiger partial charge in [-0.15, -0.1) is 0 Å². The predicted octanol–water partition coefficient (Wildman–Crippen LogP) is 6.05.